The van der Waals surface area contributed by atoms with Gasteiger partial charge in [0.15, 0.2) is 5.75 Å². The molecule has 0 aliphatic heterocycles. The molecule has 2 aliphatic carbocycles. The molecule has 1 aromatic rings. The van der Waals surface area contributed by atoms with E-state index in [0.29, 0.717) is 11.8 Å². The molecule has 0 aromatic carbocycles. The van der Waals surface area contributed by atoms with Crippen LogP contribution in [0.4, 0.5) is 0 Å². The molecular weight excluding hydrogens is 240 g/mol. The summed E-state index contributed by atoms with van der Waals surface area (Å²) in [4.78, 5) is 0. The second-order valence-electron chi connectivity index (χ2n) is 6.10. The number of rotatable bonds is 5. The van der Waals surface area contributed by atoms with E-state index in [1.807, 2.05) is 4.68 Å². The van der Waals surface area contributed by atoms with Gasteiger partial charge in [-0.05, 0) is 43.4 Å². The van der Waals surface area contributed by atoms with Gasteiger partial charge in [-0.1, -0.05) is 13.3 Å². The Balaban J connectivity index is 1.85. The number of fused-ring (bicyclic) bond motifs is 2. The Bertz CT molecular complexity index is 443. The van der Waals surface area contributed by atoms with E-state index in [1.165, 1.54) is 25.7 Å². The molecule has 4 atom stereocenters. The van der Waals surface area contributed by atoms with Gasteiger partial charge in [-0.3, -0.25) is 4.68 Å². The second-order valence-corrected chi connectivity index (χ2v) is 6.10. The van der Waals surface area contributed by atoms with Crippen molar-refractivity contribution in [3.8, 4) is 5.75 Å². The molecule has 3 rings (SSSR count). The number of nitrogens with zero attached hydrogens (tertiary/aromatic N) is 2. The highest BCUT2D eigenvalue weighted by molar-refractivity contribution is 5.28. The van der Waals surface area contributed by atoms with E-state index in [-0.39, 0.29) is 0 Å². The number of hydrogen-bond donors (Lipinski definition) is 1. The van der Waals surface area contributed by atoms with Crippen molar-refractivity contribution in [3.05, 3.63) is 11.9 Å². The molecule has 1 heterocycles. The maximum Gasteiger partial charge on any atom is 0.162 e. The maximum absolute atomic E-state index is 10.8. The summed E-state index contributed by atoms with van der Waals surface area (Å²) in [6.45, 7) is 2.97. The van der Waals surface area contributed by atoms with Gasteiger partial charge in [-0.15, -0.1) is 0 Å². The van der Waals surface area contributed by atoms with Crippen LogP contribution in [0.15, 0.2) is 6.20 Å². The van der Waals surface area contributed by atoms with Crippen molar-refractivity contribution >= 4 is 0 Å². The van der Waals surface area contributed by atoms with Gasteiger partial charge >= 0.3 is 0 Å². The quantitative estimate of drug-likeness (QED) is 0.889. The highest BCUT2D eigenvalue weighted by atomic mass is 16.5. The highest BCUT2D eigenvalue weighted by Crippen LogP contribution is 2.53. The third-order valence-corrected chi connectivity index (χ3v) is 4.98. The predicted molar refractivity (Wildman–Crippen MR) is 73.0 cm³/mol. The number of aliphatic hydroxyl groups is 1. The summed E-state index contributed by atoms with van der Waals surface area (Å²) in [5.41, 5.74) is 0.891. The Hall–Kier alpha value is -1.03. The minimum atomic E-state index is -0.417. The van der Waals surface area contributed by atoms with Crippen LogP contribution in [-0.4, -0.2) is 22.0 Å². The predicted octanol–water partition coefficient (Wildman–Crippen LogP) is 2.77. The summed E-state index contributed by atoms with van der Waals surface area (Å²) < 4.78 is 7.32. The van der Waals surface area contributed by atoms with Crippen molar-refractivity contribution < 1.29 is 9.84 Å². The van der Waals surface area contributed by atoms with Gasteiger partial charge in [-0.25, -0.2) is 0 Å². The Morgan fingerprint density at radius 2 is 2.32 bits per heavy atom. The third-order valence-electron chi connectivity index (χ3n) is 4.98. The average Bonchev–Trinajstić information content (AvgIpc) is 3.12. The topological polar surface area (TPSA) is 47.3 Å². The number of ether oxygens (including phenoxy) is 1. The Kier molecular flexibility index (Phi) is 3.52. The van der Waals surface area contributed by atoms with E-state index in [0.717, 1.165) is 30.3 Å². The maximum atomic E-state index is 10.8. The van der Waals surface area contributed by atoms with Crippen LogP contribution in [0, 0.1) is 17.8 Å². The molecule has 1 N–H and O–H groups in total. The number of hydrogen-bond acceptors (Lipinski definition) is 3. The highest BCUT2D eigenvalue weighted by Gasteiger charge is 2.44. The fourth-order valence-electron chi connectivity index (χ4n) is 4.11. The Labute approximate surface area is 114 Å². The summed E-state index contributed by atoms with van der Waals surface area (Å²) >= 11 is 0. The number of aryl methyl sites for hydroxylation is 1. The summed E-state index contributed by atoms with van der Waals surface area (Å²) in [7, 11) is 1.66. The minimum Gasteiger partial charge on any atom is -0.493 e. The van der Waals surface area contributed by atoms with E-state index in [4.69, 9.17) is 4.74 Å². The molecule has 1 aromatic heterocycles. The van der Waals surface area contributed by atoms with Crippen LogP contribution in [0.1, 0.15) is 50.8 Å². The van der Waals surface area contributed by atoms with Crippen LogP contribution in [0.25, 0.3) is 0 Å². The molecule has 0 spiro atoms. The van der Waals surface area contributed by atoms with E-state index in [9.17, 15) is 5.11 Å². The molecule has 2 bridgehead atoms. The van der Waals surface area contributed by atoms with Crippen LogP contribution >= 0.6 is 0 Å². The lowest BCUT2D eigenvalue weighted by Gasteiger charge is -2.27. The number of aromatic nitrogens is 2. The van der Waals surface area contributed by atoms with Gasteiger partial charge in [0.1, 0.15) is 11.8 Å². The fourth-order valence-corrected chi connectivity index (χ4v) is 4.11. The van der Waals surface area contributed by atoms with Crippen molar-refractivity contribution in [2.24, 2.45) is 17.8 Å². The van der Waals surface area contributed by atoms with Crippen molar-refractivity contribution in [1.82, 2.24) is 9.78 Å². The minimum absolute atomic E-state index is 0.403. The molecule has 106 valence electrons. The van der Waals surface area contributed by atoms with Crippen molar-refractivity contribution in [3.63, 3.8) is 0 Å². The first-order chi connectivity index (χ1) is 9.24. The molecule has 19 heavy (non-hydrogen) atoms. The molecule has 0 amide bonds. The van der Waals surface area contributed by atoms with Gasteiger partial charge in [0, 0.05) is 6.54 Å². The molecule has 4 unspecified atom stereocenters. The Morgan fingerprint density at radius 3 is 2.89 bits per heavy atom. The van der Waals surface area contributed by atoms with Crippen LogP contribution in [0.5, 0.6) is 5.75 Å². The van der Waals surface area contributed by atoms with Crippen molar-refractivity contribution in [2.75, 3.05) is 7.11 Å². The Morgan fingerprint density at radius 1 is 1.47 bits per heavy atom. The van der Waals surface area contributed by atoms with E-state index < -0.39 is 6.10 Å². The molecule has 0 saturated heterocycles. The van der Waals surface area contributed by atoms with Gasteiger partial charge in [0.2, 0.25) is 0 Å². The summed E-state index contributed by atoms with van der Waals surface area (Å²) in [6, 6.07) is 0. The zero-order chi connectivity index (χ0) is 13.4. The van der Waals surface area contributed by atoms with Gasteiger partial charge < -0.3 is 9.84 Å². The summed E-state index contributed by atoms with van der Waals surface area (Å²) in [5, 5.41) is 15.2. The van der Waals surface area contributed by atoms with E-state index in [2.05, 4.69) is 12.0 Å². The molecule has 2 saturated carbocycles. The molecule has 2 aliphatic rings. The van der Waals surface area contributed by atoms with E-state index in [1.54, 1.807) is 13.3 Å². The number of methoxy groups -OCH3 is 1. The van der Waals surface area contributed by atoms with Crippen LogP contribution in [-0.2, 0) is 6.54 Å². The first-order valence-corrected chi connectivity index (χ1v) is 7.52. The SMILES string of the molecule is CCCn1ncc(OC)c1C(O)C1CC2CCC1C2. The first kappa shape index (κ1) is 13.0. The largest absolute Gasteiger partial charge is 0.493 e. The summed E-state index contributed by atoms with van der Waals surface area (Å²) in [5.74, 6) is 2.69. The number of aliphatic hydroxyl groups excluding tert-OH is 1. The van der Waals surface area contributed by atoms with Crippen molar-refractivity contribution in [2.45, 2.75) is 51.7 Å². The van der Waals surface area contributed by atoms with Crippen LogP contribution in [0.3, 0.4) is 0 Å². The zero-order valence-corrected chi connectivity index (χ0v) is 11.9. The average molecular weight is 264 g/mol. The first-order valence-electron chi connectivity index (χ1n) is 7.52. The van der Waals surface area contributed by atoms with Crippen LogP contribution in [0.2, 0.25) is 0 Å². The van der Waals surface area contributed by atoms with Gasteiger partial charge in [0.05, 0.1) is 13.3 Å². The lowest BCUT2D eigenvalue weighted by atomic mass is 9.83. The molecular formula is C15H24N2O2. The second kappa shape index (κ2) is 5.16. The lowest BCUT2D eigenvalue weighted by molar-refractivity contribution is 0.0644. The molecule has 4 heteroatoms. The third kappa shape index (κ3) is 2.16. The normalized spacial score (nSPS) is 30.8. The monoisotopic (exact) mass is 264 g/mol. The smallest absolute Gasteiger partial charge is 0.162 e. The lowest BCUT2D eigenvalue weighted by Crippen LogP contribution is -2.22. The zero-order valence-electron chi connectivity index (χ0n) is 11.9. The summed E-state index contributed by atoms with van der Waals surface area (Å²) in [6.07, 6.45) is 7.47. The van der Waals surface area contributed by atoms with Gasteiger partial charge in [0.25, 0.3) is 0 Å². The van der Waals surface area contributed by atoms with E-state index >= 15 is 0 Å². The fraction of sp³-hybridized carbons (Fsp3) is 0.800. The molecule has 2 fully saturated rings. The molecule has 0 radical (unpaired) electrons. The van der Waals surface area contributed by atoms with Crippen LogP contribution < -0.4 is 4.74 Å². The van der Waals surface area contributed by atoms with Gasteiger partial charge in [-0.2, -0.15) is 5.10 Å². The standard InChI is InChI=1S/C15H24N2O2/c1-3-6-17-14(13(19-2)9-16-17)15(18)12-8-10-4-5-11(12)7-10/h9-12,15,18H,3-8H2,1-2H3. The molecule has 4 nitrogen and oxygen atoms in total. The van der Waals surface area contributed by atoms with Crippen molar-refractivity contribution in [1.29, 1.82) is 0 Å².